The Morgan fingerprint density at radius 3 is 2.73 bits per heavy atom. The lowest BCUT2D eigenvalue weighted by atomic mass is 10.0. The molecule has 0 bridgehead atoms. The van der Waals surface area contributed by atoms with Crippen LogP contribution in [0.4, 0.5) is 0 Å². The Kier molecular flexibility index (Phi) is 6.29. The van der Waals surface area contributed by atoms with E-state index in [1.165, 1.54) is 0 Å². The number of hydrogen-bond acceptors (Lipinski definition) is 2. The van der Waals surface area contributed by atoms with Crippen LogP contribution in [0, 0.1) is 0 Å². The third-order valence-electron chi connectivity index (χ3n) is 1.88. The zero-order valence-electron chi connectivity index (χ0n) is 7.91. The van der Waals surface area contributed by atoms with E-state index in [0.717, 1.165) is 0 Å². The van der Waals surface area contributed by atoms with Gasteiger partial charge in [0.1, 0.15) is 5.75 Å². The Morgan fingerprint density at radius 2 is 2.20 bits per heavy atom. The topological polar surface area (TPSA) is 46.2 Å². The van der Waals surface area contributed by atoms with Crippen LogP contribution in [-0.2, 0) is 0 Å². The molecule has 1 rings (SSSR count). The number of nitrogens with two attached hydrogens (primary N) is 1. The minimum atomic E-state index is -0.275. The van der Waals surface area contributed by atoms with E-state index in [-0.39, 0.29) is 24.2 Å². The monoisotopic (exact) mass is 311 g/mol. The second kappa shape index (κ2) is 6.38. The lowest BCUT2D eigenvalue weighted by Crippen LogP contribution is -2.09. The largest absolute Gasteiger partial charge is 0.506 e. The highest BCUT2D eigenvalue weighted by Crippen LogP contribution is 2.35. The van der Waals surface area contributed by atoms with Gasteiger partial charge in [-0.2, -0.15) is 0 Å². The van der Waals surface area contributed by atoms with E-state index in [1.807, 2.05) is 0 Å². The van der Waals surface area contributed by atoms with Crippen molar-refractivity contribution in [2.24, 2.45) is 5.73 Å². The van der Waals surface area contributed by atoms with Crippen molar-refractivity contribution in [3.8, 4) is 5.75 Å². The number of phenols is 1. The van der Waals surface area contributed by atoms with E-state index in [0.29, 0.717) is 21.5 Å². The third-order valence-corrected chi connectivity index (χ3v) is 2.70. The molecule has 3 N–H and O–H groups in total. The van der Waals surface area contributed by atoms with Crippen molar-refractivity contribution >= 4 is 39.9 Å². The lowest BCUT2D eigenvalue weighted by Gasteiger charge is -2.13. The Balaban J connectivity index is 0.00000196. The molecule has 1 atom stereocenters. The Bertz CT molecular complexity index is 358. The molecule has 15 heavy (non-hydrogen) atoms. The standard InChI is InChI=1S/C10H11BrClNO.ClH/c1-2-3-9(13)7-4-6(12)5-8(11)10(7)14;/h2,4-5,9,14H,1,3,13H2;1H/t9-;/m1./s1. The molecule has 0 unspecified atom stereocenters. The lowest BCUT2D eigenvalue weighted by molar-refractivity contribution is 0.458. The maximum absolute atomic E-state index is 9.70. The molecular formula is C10H12BrCl2NO. The van der Waals surface area contributed by atoms with Gasteiger partial charge in [-0.3, -0.25) is 0 Å². The number of aromatic hydroxyl groups is 1. The maximum atomic E-state index is 9.70. The number of phenolic OH excluding ortho intramolecular Hbond substituents is 1. The van der Waals surface area contributed by atoms with Gasteiger partial charge in [-0.1, -0.05) is 17.7 Å². The summed E-state index contributed by atoms with van der Waals surface area (Å²) in [5.74, 6) is 0.142. The van der Waals surface area contributed by atoms with Gasteiger partial charge in [-0.15, -0.1) is 19.0 Å². The summed E-state index contributed by atoms with van der Waals surface area (Å²) in [5, 5.41) is 10.2. The fourth-order valence-corrected chi connectivity index (χ4v) is 2.01. The van der Waals surface area contributed by atoms with Gasteiger partial charge < -0.3 is 10.8 Å². The molecule has 0 aliphatic carbocycles. The summed E-state index contributed by atoms with van der Waals surface area (Å²) in [4.78, 5) is 0. The van der Waals surface area contributed by atoms with E-state index in [9.17, 15) is 5.11 Å². The van der Waals surface area contributed by atoms with Gasteiger partial charge in [0.2, 0.25) is 0 Å². The van der Waals surface area contributed by atoms with Crippen molar-refractivity contribution in [2.45, 2.75) is 12.5 Å². The summed E-state index contributed by atoms with van der Waals surface area (Å²) in [6.45, 7) is 3.59. The van der Waals surface area contributed by atoms with E-state index in [2.05, 4.69) is 22.5 Å². The highest BCUT2D eigenvalue weighted by atomic mass is 79.9. The van der Waals surface area contributed by atoms with E-state index >= 15 is 0 Å². The Labute approximate surface area is 109 Å². The fourth-order valence-electron chi connectivity index (χ4n) is 1.18. The van der Waals surface area contributed by atoms with Crippen LogP contribution in [0.15, 0.2) is 29.3 Å². The first-order chi connectivity index (χ1) is 6.56. The normalized spacial score (nSPS) is 11.7. The number of halogens is 3. The van der Waals surface area contributed by atoms with Crippen LogP contribution in [0.25, 0.3) is 0 Å². The first-order valence-corrected chi connectivity index (χ1v) is 5.27. The maximum Gasteiger partial charge on any atom is 0.134 e. The van der Waals surface area contributed by atoms with Gasteiger partial charge in [0.05, 0.1) is 4.47 Å². The average molecular weight is 313 g/mol. The average Bonchev–Trinajstić information content (AvgIpc) is 2.11. The molecule has 84 valence electrons. The van der Waals surface area contributed by atoms with Crippen LogP contribution in [-0.4, -0.2) is 5.11 Å². The van der Waals surface area contributed by atoms with E-state index in [1.54, 1.807) is 18.2 Å². The number of hydrogen-bond donors (Lipinski definition) is 2. The molecule has 0 amide bonds. The molecule has 1 aromatic carbocycles. The van der Waals surface area contributed by atoms with Crippen molar-refractivity contribution in [1.82, 2.24) is 0 Å². The van der Waals surface area contributed by atoms with Crippen LogP contribution in [0.1, 0.15) is 18.0 Å². The molecule has 5 heteroatoms. The van der Waals surface area contributed by atoms with Crippen LogP contribution < -0.4 is 5.73 Å². The zero-order chi connectivity index (χ0) is 10.7. The highest BCUT2D eigenvalue weighted by Gasteiger charge is 2.13. The minimum Gasteiger partial charge on any atom is -0.506 e. The second-order valence-corrected chi connectivity index (χ2v) is 4.25. The molecule has 0 saturated heterocycles. The zero-order valence-corrected chi connectivity index (χ0v) is 11.1. The molecule has 0 fully saturated rings. The number of benzene rings is 1. The summed E-state index contributed by atoms with van der Waals surface area (Å²) >= 11 is 9.04. The van der Waals surface area contributed by atoms with Gasteiger partial charge in [0, 0.05) is 16.6 Å². The first kappa shape index (κ1) is 14.8. The molecular weight excluding hydrogens is 301 g/mol. The molecule has 0 radical (unpaired) electrons. The second-order valence-electron chi connectivity index (χ2n) is 2.96. The van der Waals surface area contributed by atoms with Crippen molar-refractivity contribution < 1.29 is 5.11 Å². The third kappa shape index (κ3) is 3.68. The Morgan fingerprint density at radius 1 is 1.60 bits per heavy atom. The molecule has 0 saturated carbocycles. The quantitative estimate of drug-likeness (QED) is 0.834. The fraction of sp³-hybridized carbons (Fsp3) is 0.200. The molecule has 2 nitrogen and oxygen atoms in total. The van der Waals surface area contributed by atoms with Crippen molar-refractivity contribution in [3.05, 3.63) is 39.8 Å². The van der Waals surface area contributed by atoms with Crippen LogP contribution in [0.2, 0.25) is 5.02 Å². The first-order valence-electron chi connectivity index (χ1n) is 4.10. The summed E-state index contributed by atoms with van der Waals surface area (Å²) in [5.41, 5.74) is 6.46. The van der Waals surface area contributed by atoms with Gasteiger partial charge >= 0.3 is 0 Å². The van der Waals surface area contributed by atoms with Gasteiger partial charge in [0.25, 0.3) is 0 Å². The molecule has 0 spiro atoms. The van der Waals surface area contributed by atoms with Gasteiger partial charge in [-0.25, -0.2) is 0 Å². The predicted molar refractivity (Wildman–Crippen MR) is 69.8 cm³/mol. The summed E-state index contributed by atoms with van der Waals surface area (Å²) in [6.07, 6.45) is 2.30. The minimum absolute atomic E-state index is 0. The highest BCUT2D eigenvalue weighted by molar-refractivity contribution is 9.10. The predicted octanol–water partition coefficient (Wildman–Crippen LogP) is 3.81. The van der Waals surface area contributed by atoms with Crippen LogP contribution >= 0.6 is 39.9 Å². The van der Waals surface area contributed by atoms with Gasteiger partial charge in [0.15, 0.2) is 0 Å². The van der Waals surface area contributed by atoms with E-state index in [4.69, 9.17) is 17.3 Å². The van der Waals surface area contributed by atoms with Crippen molar-refractivity contribution in [3.63, 3.8) is 0 Å². The SMILES string of the molecule is C=CC[C@@H](N)c1cc(Cl)cc(Br)c1O.Cl. The molecule has 0 aliphatic heterocycles. The Hall–Kier alpha value is -0.220. The van der Waals surface area contributed by atoms with Gasteiger partial charge in [-0.05, 0) is 34.5 Å². The molecule has 1 aromatic rings. The summed E-state index contributed by atoms with van der Waals surface area (Å²) in [6, 6.07) is 3.01. The molecule has 0 aliphatic rings. The smallest absolute Gasteiger partial charge is 0.134 e. The molecule has 0 heterocycles. The van der Waals surface area contributed by atoms with E-state index < -0.39 is 0 Å². The molecule has 0 aromatic heterocycles. The summed E-state index contributed by atoms with van der Waals surface area (Å²) in [7, 11) is 0. The summed E-state index contributed by atoms with van der Waals surface area (Å²) < 4.78 is 0.555. The van der Waals surface area contributed by atoms with Crippen molar-refractivity contribution in [1.29, 1.82) is 0 Å². The number of rotatable bonds is 3. The van der Waals surface area contributed by atoms with Crippen LogP contribution in [0.5, 0.6) is 5.75 Å². The van der Waals surface area contributed by atoms with Crippen molar-refractivity contribution in [2.75, 3.05) is 0 Å². The van der Waals surface area contributed by atoms with Crippen LogP contribution in [0.3, 0.4) is 0 Å².